The Morgan fingerprint density at radius 2 is 1.36 bits per heavy atom. The predicted octanol–water partition coefficient (Wildman–Crippen LogP) is 3.34. The van der Waals surface area contributed by atoms with E-state index in [2.05, 4.69) is 0 Å². The van der Waals surface area contributed by atoms with Gasteiger partial charge in [0.1, 0.15) is 6.10 Å². The number of nitrogens with zero attached hydrogens (tertiary/aromatic N) is 2. The van der Waals surface area contributed by atoms with Gasteiger partial charge in [-0.1, -0.05) is 27.7 Å². The first-order valence-electron chi connectivity index (χ1n) is 6.78. The van der Waals surface area contributed by atoms with Gasteiger partial charge in [0.25, 0.3) is 11.4 Å². The predicted molar refractivity (Wildman–Crippen MR) is 78.6 cm³/mol. The molecule has 8 nitrogen and oxygen atoms in total. The summed E-state index contributed by atoms with van der Waals surface area (Å²) in [5, 5.41) is 21.6. The maximum Gasteiger partial charge on any atom is 0.338 e. The Hall–Kier alpha value is -2.51. The van der Waals surface area contributed by atoms with Gasteiger partial charge in [0.15, 0.2) is 0 Å². The van der Waals surface area contributed by atoms with Crippen molar-refractivity contribution < 1.29 is 19.4 Å². The lowest BCUT2D eigenvalue weighted by molar-refractivity contribution is -0.394. The van der Waals surface area contributed by atoms with Gasteiger partial charge >= 0.3 is 5.97 Å². The molecule has 1 rings (SSSR count). The first-order valence-corrected chi connectivity index (χ1v) is 6.78. The van der Waals surface area contributed by atoms with Gasteiger partial charge in [0.05, 0.1) is 21.5 Å². The molecule has 8 heteroatoms. The minimum absolute atomic E-state index is 0.0534. The summed E-state index contributed by atoms with van der Waals surface area (Å²) >= 11 is 0. The van der Waals surface area contributed by atoms with E-state index in [1.54, 1.807) is 0 Å². The Balaban J connectivity index is 3.16. The molecule has 120 valence electrons. The normalized spacial score (nSPS) is 11.0. The summed E-state index contributed by atoms with van der Waals surface area (Å²) in [6, 6.07) is 2.76. The smallest absolute Gasteiger partial charge is 0.338 e. The van der Waals surface area contributed by atoms with Crippen LogP contribution in [0.1, 0.15) is 38.1 Å². The highest BCUT2D eigenvalue weighted by Crippen LogP contribution is 2.25. The van der Waals surface area contributed by atoms with Crippen LogP contribution in [-0.4, -0.2) is 21.9 Å². The number of carbonyl (C=O) groups excluding carboxylic acids is 1. The topological polar surface area (TPSA) is 113 Å². The maximum atomic E-state index is 12.1. The molecule has 1 aromatic carbocycles. The maximum absolute atomic E-state index is 12.1. The first-order chi connectivity index (χ1) is 10.1. The number of esters is 1. The quantitative estimate of drug-likeness (QED) is 0.452. The summed E-state index contributed by atoms with van der Waals surface area (Å²) in [5.74, 6) is -0.700. The van der Waals surface area contributed by atoms with Crippen LogP contribution in [0.2, 0.25) is 0 Å². The van der Waals surface area contributed by atoms with E-state index in [1.807, 2.05) is 27.7 Å². The number of nitro groups is 2. The molecule has 0 saturated carbocycles. The van der Waals surface area contributed by atoms with Gasteiger partial charge in [-0.05, 0) is 11.8 Å². The average molecular weight is 310 g/mol. The molecule has 0 saturated heterocycles. The van der Waals surface area contributed by atoms with Crippen molar-refractivity contribution in [2.75, 3.05) is 0 Å². The molecule has 0 radical (unpaired) electrons. The summed E-state index contributed by atoms with van der Waals surface area (Å²) in [5.41, 5.74) is -1.24. The number of benzene rings is 1. The van der Waals surface area contributed by atoms with Crippen molar-refractivity contribution in [2.45, 2.75) is 33.8 Å². The van der Waals surface area contributed by atoms with Crippen molar-refractivity contribution in [3.63, 3.8) is 0 Å². The summed E-state index contributed by atoms with van der Waals surface area (Å²) in [6.07, 6.45) is -0.384. The van der Waals surface area contributed by atoms with E-state index in [0.717, 1.165) is 18.2 Å². The molecule has 0 N–H and O–H groups in total. The SMILES string of the molecule is CC(C)C(OC(=O)c1cc([N+](=O)[O-])cc([N+](=O)[O-])c1)C(C)C. The Morgan fingerprint density at radius 1 is 0.955 bits per heavy atom. The fourth-order valence-corrected chi connectivity index (χ4v) is 2.16. The van der Waals surface area contributed by atoms with E-state index in [4.69, 9.17) is 4.74 Å². The second-order valence-corrected chi connectivity index (χ2v) is 5.61. The Bertz CT molecular complexity index is 557. The van der Waals surface area contributed by atoms with Crippen molar-refractivity contribution >= 4 is 17.3 Å². The van der Waals surface area contributed by atoms with Crippen LogP contribution in [-0.2, 0) is 4.74 Å². The number of hydrogen-bond acceptors (Lipinski definition) is 6. The van der Waals surface area contributed by atoms with Crippen LogP contribution in [0, 0.1) is 32.1 Å². The summed E-state index contributed by atoms with van der Waals surface area (Å²) in [7, 11) is 0. The largest absolute Gasteiger partial charge is 0.458 e. The summed E-state index contributed by atoms with van der Waals surface area (Å²) in [6.45, 7) is 7.53. The van der Waals surface area contributed by atoms with Gasteiger partial charge in [0.2, 0.25) is 0 Å². The van der Waals surface area contributed by atoms with Crippen molar-refractivity contribution in [3.8, 4) is 0 Å². The zero-order valence-electron chi connectivity index (χ0n) is 12.8. The second kappa shape index (κ2) is 6.97. The third-order valence-electron chi connectivity index (χ3n) is 3.12. The standard InChI is InChI=1S/C14H18N2O6/c1-8(2)13(9(3)4)22-14(17)10-5-11(15(18)19)7-12(6-10)16(20)21/h5-9,13H,1-4H3. The molecule has 0 fully saturated rings. The van der Waals surface area contributed by atoms with Crippen LogP contribution in [0.3, 0.4) is 0 Å². The molecule has 0 aliphatic heterocycles. The molecule has 0 aliphatic rings. The number of hydrogen-bond donors (Lipinski definition) is 0. The van der Waals surface area contributed by atoms with E-state index >= 15 is 0 Å². The molecule has 0 spiro atoms. The molecule has 0 heterocycles. The Labute approximate surface area is 127 Å². The van der Waals surface area contributed by atoms with Crippen LogP contribution in [0.25, 0.3) is 0 Å². The lowest BCUT2D eigenvalue weighted by Gasteiger charge is -2.24. The van der Waals surface area contributed by atoms with Crippen molar-refractivity contribution in [2.24, 2.45) is 11.8 Å². The summed E-state index contributed by atoms with van der Waals surface area (Å²) in [4.78, 5) is 32.2. The van der Waals surface area contributed by atoms with E-state index in [1.165, 1.54) is 0 Å². The number of rotatable bonds is 6. The highest BCUT2D eigenvalue weighted by Gasteiger charge is 2.25. The van der Waals surface area contributed by atoms with E-state index in [0.29, 0.717) is 0 Å². The molecule has 0 bridgehead atoms. The molecule has 22 heavy (non-hydrogen) atoms. The number of ether oxygens (including phenoxy) is 1. The van der Waals surface area contributed by atoms with Gasteiger partial charge < -0.3 is 4.74 Å². The van der Waals surface area contributed by atoms with E-state index in [-0.39, 0.29) is 23.5 Å². The Morgan fingerprint density at radius 3 is 1.68 bits per heavy atom. The van der Waals surface area contributed by atoms with Crippen LogP contribution in [0.4, 0.5) is 11.4 Å². The lowest BCUT2D eigenvalue weighted by Crippen LogP contribution is -2.28. The van der Waals surface area contributed by atoms with Gasteiger partial charge in [-0.25, -0.2) is 4.79 Å². The molecule has 0 unspecified atom stereocenters. The zero-order valence-corrected chi connectivity index (χ0v) is 12.8. The third-order valence-corrected chi connectivity index (χ3v) is 3.12. The Kier molecular flexibility index (Phi) is 5.56. The minimum Gasteiger partial charge on any atom is -0.458 e. The van der Waals surface area contributed by atoms with Crippen molar-refractivity contribution in [1.29, 1.82) is 0 Å². The number of nitro benzene ring substituents is 2. The fourth-order valence-electron chi connectivity index (χ4n) is 2.16. The molecule has 0 amide bonds. The average Bonchev–Trinajstić information content (AvgIpc) is 2.42. The van der Waals surface area contributed by atoms with Gasteiger partial charge in [0, 0.05) is 12.1 Å². The summed E-state index contributed by atoms with van der Waals surface area (Å²) < 4.78 is 5.34. The number of carbonyl (C=O) groups is 1. The molecule has 0 aromatic heterocycles. The minimum atomic E-state index is -0.806. The monoisotopic (exact) mass is 310 g/mol. The molecule has 1 aromatic rings. The van der Waals surface area contributed by atoms with E-state index < -0.39 is 27.2 Å². The van der Waals surface area contributed by atoms with Crippen LogP contribution in [0.15, 0.2) is 18.2 Å². The fraction of sp³-hybridized carbons (Fsp3) is 0.500. The van der Waals surface area contributed by atoms with Crippen molar-refractivity contribution in [1.82, 2.24) is 0 Å². The zero-order chi connectivity index (χ0) is 17.0. The second-order valence-electron chi connectivity index (χ2n) is 5.61. The highest BCUT2D eigenvalue weighted by molar-refractivity contribution is 5.91. The molecular weight excluding hydrogens is 292 g/mol. The highest BCUT2D eigenvalue weighted by atomic mass is 16.6. The van der Waals surface area contributed by atoms with Gasteiger partial charge in [-0.2, -0.15) is 0 Å². The molecule has 0 atom stereocenters. The molecule has 0 aliphatic carbocycles. The lowest BCUT2D eigenvalue weighted by atomic mass is 9.96. The third kappa shape index (κ3) is 4.24. The van der Waals surface area contributed by atoms with Gasteiger partial charge in [-0.3, -0.25) is 20.2 Å². The van der Waals surface area contributed by atoms with Crippen molar-refractivity contribution in [3.05, 3.63) is 44.0 Å². The van der Waals surface area contributed by atoms with E-state index in [9.17, 15) is 25.0 Å². The van der Waals surface area contributed by atoms with Crippen LogP contribution >= 0.6 is 0 Å². The number of non-ortho nitro benzene ring substituents is 2. The van der Waals surface area contributed by atoms with Gasteiger partial charge in [-0.15, -0.1) is 0 Å². The van der Waals surface area contributed by atoms with Crippen LogP contribution < -0.4 is 0 Å². The molecular formula is C14H18N2O6. The first kappa shape index (κ1) is 17.5. The van der Waals surface area contributed by atoms with Crippen LogP contribution in [0.5, 0.6) is 0 Å².